The predicted octanol–water partition coefficient (Wildman–Crippen LogP) is 3.44. The number of benzene rings is 2. The molecule has 1 N–H and O–H groups in total. The Morgan fingerprint density at radius 1 is 0.920 bits per heavy atom. The molecule has 2 aromatic carbocycles. The quantitative estimate of drug-likeness (QED) is 0.874. The molecule has 0 radical (unpaired) electrons. The van der Waals surface area contributed by atoms with Crippen LogP contribution in [0.1, 0.15) is 31.9 Å². The second-order valence-electron chi connectivity index (χ2n) is 7.05. The van der Waals surface area contributed by atoms with Gasteiger partial charge in [0.25, 0.3) is 5.91 Å². The molecule has 1 atom stereocenters. The van der Waals surface area contributed by atoms with Crippen molar-refractivity contribution in [3.8, 4) is 0 Å². The Balaban J connectivity index is 2.13. The molecule has 1 aliphatic heterocycles. The van der Waals surface area contributed by atoms with Crippen molar-refractivity contribution in [3.63, 3.8) is 0 Å². The van der Waals surface area contributed by atoms with Gasteiger partial charge in [-0.25, -0.2) is 4.79 Å². The molecule has 0 bridgehead atoms. The average Bonchev–Trinajstić information content (AvgIpc) is 2.92. The monoisotopic (exact) mass is 335 g/mol. The first kappa shape index (κ1) is 17.0. The summed E-state index contributed by atoms with van der Waals surface area (Å²) in [5.41, 5.74) is 2.19. The molecular weight excluding hydrogens is 314 g/mol. The molecule has 0 saturated heterocycles. The number of ether oxygens (including phenoxy) is 1. The van der Waals surface area contributed by atoms with E-state index < -0.39 is 17.6 Å². The van der Waals surface area contributed by atoms with Gasteiger partial charge in [-0.1, -0.05) is 60.7 Å². The third-order valence-corrected chi connectivity index (χ3v) is 3.84. The van der Waals surface area contributed by atoms with Gasteiger partial charge in [0.2, 0.25) is 6.10 Å². The molecule has 0 spiro atoms. The molecular formula is C21H21NO3. The minimum Gasteiger partial charge on any atom is -0.444 e. The summed E-state index contributed by atoms with van der Waals surface area (Å²) in [6.07, 6.45) is -0.954. The fourth-order valence-electron chi connectivity index (χ4n) is 2.88. The highest BCUT2D eigenvalue weighted by Crippen LogP contribution is 2.37. The van der Waals surface area contributed by atoms with Gasteiger partial charge in [-0.15, -0.1) is 0 Å². The summed E-state index contributed by atoms with van der Waals surface area (Å²) in [4.78, 5) is 25.3. The Labute approximate surface area is 147 Å². The maximum atomic E-state index is 12.7. The molecule has 1 heterocycles. The van der Waals surface area contributed by atoms with Crippen LogP contribution in [0.3, 0.4) is 0 Å². The van der Waals surface area contributed by atoms with E-state index in [4.69, 9.17) is 4.74 Å². The summed E-state index contributed by atoms with van der Waals surface area (Å²) < 4.78 is 5.48. The van der Waals surface area contributed by atoms with E-state index in [2.05, 4.69) is 5.32 Å². The van der Waals surface area contributed by atoms with Gasteiger partial charge in [0.15, 0.2) is 0 Å². The third-order valence-electron chi connectivity index (χ3n) is 3.84. The Morgan fingerprint density at radius 3 is 1.96 bits per heavy atom. The highest BCUT2D eigenvalue weighted by Gasteiger charge is 2.40. The zero-order valence-corrected chi connectivity index (χ0v) is 14.6. The number of esters is 1. The molecule has 128 valence electrons. The van der Waals surface area contributed by atoms with Crippen LogP contribution in [0.5, 0.6) is 0 Å². The number of hydrogen-bond donors (Lipinski definition) is 1. The van der Waals surface area contributed by atoms with Crippen molar-refractivity contribution >= 4 is 23.0 Å². The fourth-order valence-corrected chi connectivity index (χ4v) is 2.88. The molecule has 0 aliphatic carbocycles. The van der Waals surface area contributed by atoms with Gasteiger partial charge in [-0.3, -0.25) is 4.79 Å². The van der Waals surface area contributed by atoms with E-state index in [-0.39, 0.29) is 5.91 Å². The topological polar surface area (TPSA) is 55.4 Å². The van der Waals surface area contributed by atoms with E-state index in [0.29, 0.717) is 11.1 Å². The molecule has 0 fully saturated rings. The largest absolute Gasteiger partial charge is 0.444 e. The standard InChI is InChI=1S/C21H21NO3/c1-21(2,3)22-19(23)18-16(14-10-6-4-7-11-14)17(20(24)25-18)15-12-8-5-9-13-15/h4-13,18H,1-3H3,(H,22,23). The molecule has 4 nitrogen and oxygen atoms in total. The van der Waals surface area contributed by atoms with E-state index in [0.717, 1.165) is 11.1 Å². The van der Waals surface area contributed by atoms with Crippen molar-refractivity contribution in [3.05, 3.63) is 71.8 Å². The van der Waals surface area contributed by atoms with Gasteiger partial charge in [-0.05, 0) is 31.9 Å². The van der Waals surface area contributed by atoms with E-state index in [9.17, 15) is 9.59 Å². The Morgan fingerprint density at radius 2 is 1.44 bits per heavy atom. The maximum absolute atomic E-state index is 12.7. The molecule has 1 unspecified atom stereocenters. The molecule has 3 rings (SSSR count). The van der Waals surface area contributed by atoms with Crippen LogP contribution < -0.4 is 5.32 Å². The summed E-state index contributed by atoms with van der Waals surface area (Å²) in [5.74, 6) is -0.787. The lowest BCUT2D eigenvalue weighted by Crippen LogP contribution is -2.46. The van der Waals surface area contributed by atoms with Crippen LogP contribution >= 0.6 is 0 Å². The van der Waals surface area contributed by atoms with Crippen molar-refractivity contribution in [1.29, 1.82) is 0 Å². The molecule has 1 amide bonds. The minimum absolute atomic E-state index is 0.314. The molecule has 0 aromatic heterocycles. The molecule has 2 aromatic rings. The van der Waals surface area contributed by atoms with E-state index in [1.807, 2.05) is 81.4 Å². The summed E-state index contributed by atoms with van der Waals surface area (Å²) in [6.45, 7) is 5.68. The van der Waals surface area contributed by atoms with Crippen molar-refractivity contribution in [2.24, 2.45) is 0 Å². The number of cyclic esters (lactones) is 1. The van der Waals surface area contributed by atoms with Gasteiger partial charge in [0, 0.05) is 11.1 Å². The van der Waals surface area contributed by atoms with Crippen molar-refractivity contribution in [2.45, 2.75) is 32.4 Å². The van der Waals surface area contributed by atoms with Gasteiger partial charge in [0.05, 0.1) is 5.57 Å². The SMILES string of the molecule is CC(C)(C)NC(=O)C1OC(=O)C(c2ccccc2)=C1c1ccccc1. The number of carbonyl (C=O) groups excluding carboxylic acids is 2. The average molecular weight is 335 g/mol. The number of hydrogen-bond acceptors (Lipinski definition) is 3. The van der Waals surface area contributed by atoms with Crippen LogP contribution in [0.4, 0.5) is 0 Å². The van der Waals surface area contributed by atoms with Gasteiger partial charge in [-0.2, -0.15) is 0 Å². The summed E-state index contributed by atoms with van der Waals surface area (Å²) >= 11 is 0. The van der Waals surface area contributed by atoms with Crippen LogP contribution in [0.15, 0.2) is 60.7 Å². The smallest absolute Gasteiger partial charge is 0.340 e. The van der Waals surface area contributed by atoms with Gasteiger partial charge >= 0.3 is 5.97 Å². The first-order valence-corrected chi connectivity index (χ1v) is 8.25. The van der Waals surface area contributed by atoms with Crippen LogP contribution in [-0.2, 0) is 14.3 Å². The lowest BCUT2D eigenvalue weighted by Gasteiger charge is -2.23. The van der Waals surface area contributed by atoms with E-state index >= 15 is 0 Å². The molecule has 25 heavy (non-hydrogen) atoms. The van der Waals surface area contributed by atoms with Crippen molar-refractivity contribution in [1.82, 2.24) is 5.32 Å². The first-order chi connectivity index (χ1) is 11.9. The first-order valence-electron chi connectivity index (χ1n) is 8.25. The number of rotatable bonds is 3. The predicted molar refractivity (Wildman–Crippen MR) is 97.5 cm³/mol. The molecule has 0 saturated carbocycles. The van der Waals surface area contributed by atoms with Crippen molar-refractivity contribution < 1.29 is 14.3 Å². The van der Waals surface area contributed by atoms with Crippen molar-refractivity contribution in [2.75, 3.05) is 0 Å². The lowest BCUT2D eigenvalue weighted by molar-refractivity contribution is -0.145. The van der Waals surface area contributed by atoms with Gasteiger partial charge < -0.3 is 10.1 Å². The zero-order valence-electron chi connectivity index (χ0n) is 14.6. The Kier molecular flexibility index (Phi) is 4.45. The summed E-state index contributed by atoms with van der Waals surface area (Å²) in [7, 11) is 0. The van der Waals surface area contributed by atoms with Gasteiger partial charge in [0.1, 0.15) is 0 Å². The lowest BCUT2D eigenvalue weighted by atomic mass is 9.92. The number of carbonyl (C=O) groups is 2. The minimum atomic E-state index is -0.954. The highest BCUT2D eigenvalue weighted by atomic mass is 16.6. The Bertz CT molecular complexity index is 817. The van der Waals surface area contributed by atoms with Crippen LogP contribution in [0.25, 0.3) is 11.1 Å². The summed E-state index contributed by atoms with van der Waals surface area (Å²) in [5, 5.41) is 2.90. The summed E-state index contributed by atoms with van der Waals surface area (Å²) in [6, 6.07) is 18.7. The van der Waals surface area contributed by atoms with E-state index in [1.165, 1.54) is 0 Å². The molecule has 4 heteroatoms. The van der Waals surface area contributed by atoms with Crippen LogP contribution in [0.2, 0.25) is 0 Å². The maximum Gasteiger partial charge on any atom is 0.340 e. The van der Waals surface area contributed by atoms with Crippen LogP contribution in [0, 0.1) is 0 Å². The zero-order chi connectivity index (χ0) is 18.0. The normalized spacial score (nSPS) is 17.4. The fraction of sp³-hybridized carbons (Fsp3) is 0.238. The highest BCUT2D eigenvalue weighted by molar-refractivity contribution is 6.30. The second-order valence-corrected chi connectivity index (χ2v) is 7.05. The second kappa shape index (κ2) is 6.55. The number of amides is 1. The van der Waals surface area contributed by atoms with Crippen LogP contribution in [-0.4, -0.2) is 23.5 Å². The third kappa shape index (κ3) is 3.63. The number of nitrogens with one attached hydrogen (secondary N) is 1. The van der Waals surface area contributed by atoms with E-state index in [1.54, 1.807) is 0 Å². The molecule has 1 aliphatic rings. The Hall–Kier alpha value is -2.88.